The van der Waals surface area contributed by atoms with Crippen molar-refractivity contribution in [3.63, 3.8) is 0 Å². The van der Waals surface area contributed by atoms with Crippen LogP contribution in [0.15, 0.2) is 12.2 Å². The summed E-state index contributed by atoms with van der Waals surface area (Å²) in [6.45, 7) is 2.15. The number of aliphatic carboxylic acids is 2. The van der Waals surface area contributed by atoms with E-state index in [9.17, 15) is 9.59 Å². The molecule has 0 aromatic heterocycles. The number of carbonyl (C=O) groups is 2. The molecule has 0 heterocycles. The number of aliphatic hydroxyl groups is 2. The molecule has 3 atom stereocenters. The van der Waals surface area contributed by atoms with Crippen molar-refractivity contribution < 1.29 is 30.0 Å². The Labute approximate surface area is 112 Å². The largest absolute Gasteiger partial charge is 0.481 e. The quantitative estimate of drug-likeness (QED) is 0.434. The van der Waals surface area contributed by atoms with Crippen LogP contribution in [0.25, 0.3) is 0 Å². The van der Waals surface area contributed by atoms with Crippen molar-refractivity contribution in [3.05, 3.63) is 12.2 Å². The minimum Gasteiger partial charge on any atom is -0.481 e. The number of hydrogen-bond acceptors (Lipinski definition) is 4. The molecule has 6 heteroatoms. The highest BCUT2D eigenvalue weighted by Crippen LogP contribution is 2.30. The van der Waals surface area contributed by atoms with Crippen molar-refractivity contribution in [2.24, 2.45) is 17.8 Å². The molecule has 0 spiro atoms. The Morgan fingerprint density at radius 2 is 1.63 bits per heavy atom. The third kappa shape index (κ3) is 6.35. The smallest absolute Gasteiger partial charge is 0.311 e. The Bertz CT molecular complexity index is 308. The first kappa shape index (κ1) is 17.6. The maximum Gasteiger partial charge on any atom is 0.311 e. The summed E-state index contributed by atoms with van der Waals surface area (Å²) in [4.78, 5) is 21.5. The number of carboxylic acids is 2. The summed E-state index contributed by atoms with van der Waals surface area (Å²) in [6.07, 6.45) is 5.29. The summed E-state index contributed by atoms with van der Waals surface area (Å²) >= 11 is 0. The van der Waals surface area contributed by atoms with Crippen molar-refractivity contribution in [3.8, 4) is 0 Å². The molecule has 0 saturated heterocycles. The second kappa shape index (κ2) is 9.52. The summed E-state index contributed by atoms with van der Waals surface area (Å²) < 4.78 is 0. The first-order valence-corrected chi connectivity index (χ1v) is 6.29. The van der Waals surface area contributed by atoms with E-state index in [0.717, 1.165) is 12.8 Å². The molecule has 0 aliphatic heterocycles. The summed E-state index contributed by atoms with van der Waals surface area (Å²) in [6, 6.07) is 0. The van der Waals surface area contributed by atoms with Gasteiger partial charge in [-0.2, -0.15) is 0 Å². The van der Waals surface area contributed by atoms with Gasteiger partial charge in [0.25, 0.3) is 0 Å². The Kier molecular flexibility index (Phi) is 8.82. The van der Waals surface area contributed by atoms with Crippen LogP contribution in [0.5, 0.6) is 0 Å². The lowest BCUT2D eigenvalue weighted by Gasteiger charge is -2.26. The van der Waals surface area contributed by atoms with E-state index in [-0.39, 0.29) is 19.1 Å². The Morgan fingerprint density at radius 3 is 1.95 bits per heavy atom. The lowest BCUT2D eigenvalue weighted by atomic mass is 9.77. The highest BCUT2D eigenvalue weighted by Gasteiger charge is 2.37. The monoisotopic (exact) mass is 274 g/mol. The van der Waals surface area contributed by atoms with E-state index in [1.54, 1.807) is 13.0 Å². The standard InChI is InChI=1S/C9H12O4.C4H10O2/c1-5-3-2-4-6(8(10)11)7(5)9(12)13;5-3-1-2-4-6/h2,4-7H,3H2,1H3,(H,10,11)(H,12,13);5-6H,1-4H2. The van der Waals surface area contributed by atoms with Crippen molar-refractivity contribution in [2.75, 3.05) is 13.2 Å². The van der Waals surface area contributed by atoms with Crippen LogP contribution in [0, 0.1) is 17.8 Å². The van der Waals surface area contributed by atoms with Gasteiger partial charge < -0.3 is 20.4 Å². The van der Waals surface area contributed by atoms with Gasteiger partial charge in [0.2, 0.25) is 0 Å². The molecule has 0 aromatic rings. The van der Waals surface area contributed by atoms with E-state index in [1.807, 2.05) is 0 Å². The van der Waals surface area contributed by atoms with Gasteiger partial charge in [-0.3, -0.25) is 9.59 Å². The molecule has 1 rings (SSSR count). The molecule has 1 aliphatic rings. The fourth-order valence-corrected chi connectivity index (χ4v) is 1.92. The summed E-state index contributed by atoms with van der Waals surface area (Å²) in [5, 5.41) is 33.8. The molecule has 0 amide bonds. The number of hydrogen-bond donors (Lipinski definition) is 4. The Balaban J connectivity index is 0.000000459. The van der Waals surface area contributed by atoms with E-state index in [1.165, 1.54) is 6.08 Å². The van der Waals surface area contributed by atoms with Crippen LogP contribution < -0.4 is 0 Å². The van der Waals surface area contributed by atoms with Crippen LogP contribution in [0.4, 0.5) is 0 Å². The average Bonchev–Trinajstić information content (AvgIpc) is 2.36. The number of unbranched alkanes of at least 4 members (excludes halogenated alkanes) is 1. The van der Waals surface area contributed by atoms with Gasteiger partial charge >= 0.3 is 11.9 Å². The maximum atomic E-state index is 10.8. The van der Waals surface area contributed by atoms with Crippen LogP contribution in [0.1, 0.15) is 26.2 Å². The summed E-state index contributed by atoms with van der Waals surface area (Å²) in [5.41, 5.74) is 0. The second-order valence-electron chi connectivity index (χ2n) is 4.52. The van der Waals surface area contributed by atoms with Crippen LogP contribution in [0.3, 0.4) is 0 Å². The van der Waals surface area contributed by atoms with Gasteiger partial charge in [-0.05, 0) is 25.2 Å². The topological polar surface area (TPSA) is 115 Å². The molecule has 0 bridgehead atoms. The van der Waals surface area contributed by atoms with Gasteiger partial charge in [0, 0.05) is 13.2 Å². The first-order chi connectivity index (χ1) is 8.95. The van der Waals surface area contributed by atoms with Gasteiger partial charge in [-0.1, -0.05) is 19.1 Å². The molecule has 0 saturated carbocycles. The third-order valence-corrected chi connectivity index (χ3v) is 2.99. The third-order valence-electron chi connectivity index (χ3n) is 2.99. The van der Waals surface area contributed by atoms with Crippen LogP contribution in [0.2, 0.25) is 0 Å². The van der Waals surface area contributed by atoms with Gasteiger partial charge in [0.1, 0.15) is 0 Å². The predicted molar refractivity (Wildman–Crippen MR) is 68.6 cm³/mol. The Morgan fingerprint density at radius 1 is 1.11 bits per heavy atom. The molecule has 0 fully saturated rings. The zero-order valence-electron chi connectivity index (χ0n) is 11.0. The molecule has 19 heavy (non-hydrogen) atoms. The molecule has 110 valence electrons. The van der Waals surface area contributed by atoms with E-state index in [2.05, 4.69) is 0 Å². The van der Waals surface area contributed by atoms with Crippen LogP contribution >= 0.6 is 0 Å². The lowest BCUT2D eigenvalue weighted by molar-refractivity contribution is -0.154. The first-order valence-electron chi connectivity index (χ1n) is 6.29. The van der Waals surface area contributed by atoms with Crippen molar-refractivity contribution in [2.45, 2.75) is 26.2 Å². The fraction of sp³-hybridized carbons (Fsp3) is 0.692. The molecular weight excluding hydrogens is 252 g/mol. The van der Waals surface area contributed by atoms with E-state index >= 15 is 0 Å². The Hall–Kier alpha value is -1.40. The number of aliphatic hydroxyl groups excluding tert-OH is 2. The lowest BCUT2D eigenvalue weighted by Crippen LogP contribution is -2.35. The average molecular weight is 274 g/mol. The van der Waals surface area contributed by atoms with Crippen LogP contribution in [-0.2, 0) is 9.59 Å². The normalized spacial score (nSPS) is 25.3. The predicted octanol–water partition coefficient (Wildman–Crippen LogP) is 0.735. The van der Waals surface area contributed by atoms with Crippen molar-refractivity contribution in [1.29, 1.82) is 0 Å². The zero-order chi connectivity index (χ0) is 14.8. The second-order valence-corrected chi connectivity index (χ2v) is 4.52. The molecule has 3 unspecified atom stereocenters. The molecule has 4 N–H and O–H groups in total. The maximum absolute atomic E-state index is 10.8. The number of carboxylic acid groups (broad SMARTS) is 2. The van der Waals surface area contributed by atoms with E-state index in [4.69, 9.17) is 20.4 Å². The SMILES string of the molecule is CC1CC=CC(C(=O)O)C1C(=O)O.OCCCCO. The van der Waals surface area contributed by atoms with Gasteiger partial charge in [-0.25, -0.2) is 0 Å². The fourth-order valence-electron chi connectivity index (χ4n) is 1.92. The number of allylic oxidation sites excluding steroid dienone is 1. The van der Waals surface area contributed by atoms with Gasteiger partial charge in [0.15, 0.2) is 0 Å². The molecule has 6 nitrogen and oxygen atoms in total. The zero-order valence-corrected chi connectivity index (χ0v) is 11.0. The van der Waals surface area contributed by atoms with E-state index in [0.29, 0.717) is 6.42 Å². The van der Waals surface area contributed by atoms with E-state index < -0.39 is 23.8 Å². The highest BCUT2D eigenvalue weighted by molar-refractivity contribution is 5.82. The van der Waals surface area contributed by atoms with Gasteiger partial charge in [-0.15, -0.1) is 0 Å². The van der Waals surface area contributed by atoms with Crippen LogP contribution in [-0.4, -0.2) is 45.6 Å². The molecular formula is C13H22O6. The summed E-state index contributed by atoms with van der Waals surface area (Å²) in [7, 11) is 0. The minimum absolute atomic E-state index is 0.108. The van der Waals surface area contributed by atoms with Crippen molar-refractivity contribution >= 4 is 11.9 Å². The molecule has 0 aromatic carbocycles. The highest BCUT2D eigenvalue weighted by atomic mass is 16.4. The minimum atomic E-state index is -1.06. The molecule has 0 radical (unpaired) electrons. The molecule has 1 aliphatic carbocycles. The summed E-state index contributed by atoms with van der Waals surface area (Å²) in [5.74, 6) is -3.85. The van der Waals surface area contributed by atoms with Gasteiger partial charge in [0.05, 0.1) is 11.8 Å². The van der Waals surface area contributed by atoms with Crippen molar-refractivity contribution in [1.82, 2.24) is 0 Å². The number of rotatable bonds is 5.